The summed E-state index contributed by atoms with van der Waals surface area (Å²) in [4.78, 5) is 17.7. The molecule has 0 bridgehead atoms. The van der Waals surface area contributed by atoms with Crippen LogP contribution in [0.5, 0.6) is 5.75 Å². The molecule has 1 aliphatic heterocycles. The molecular formula is C24H22FN7O2. The second-order valence-electron chi connectivity index (χ2n) is 8.84. The number of para-hydroxylation sites is 1. The van der Waals surface area contributed by atoms with Gasteiger partial charge in [-0.2, -0.15) is 0 Å². The van der Waals surface area contributed by atoms with Gasteiger partial charge in [-0.1, -0.05) is 6.07 Å². The molecular weight excluding hydrogens is 437 g/mol. The van der Waals surface area contributed by atoms with Gasteiger partial charge in [0, 0.05) is 12.1 Å². The van der Waals surface area contributed by atoms with Crippen LogP contribution in [0.4, 0.5) is 10.1 Å². The van der Waals surface area contributed by atoms with E-state index >= 15 is 0 Å². The standard InChI is InChI=1S/C24H22FN7O2/c1-13-8-18(25)17(9-21(13)31-10-20(26-12-31)15-6-7-15)24(33)27-19-5-3-4-16-22(19)34-11-14(2)32-23(16)28-29-30-32/h3-5,8-10,12,14-15H,6-7,11H2,1-2H3,(H,27,33)/t14-/m1/s1. The second kappa shape index (κ2) is 7.75. The minimum atomic E-state index is -0.596. The van der Waals surface area contributed by atoms with Crippen molar-refractivity contribution in [3.05, 3.63) is 65.5 Å². The molecule has 0 unspecified atom stereocenters. The summed E-state index contributed by atoms with van der Waals surface area (Å²) in [6, 6.07) is 8.16. The summed E-state index contributed by atoms with van der Waals surface area (Å²) in [5, 5.41) is 14.7. The van der Waals surface area contributed by atoms with Crippen LogP contribution in [0, 0.1) is 12.7 Å². The van der Waals surface area contributed by atoms with E-state index in [1.807, 2.05) is 30.7 Å². The molecule has 3 heterocycles. The number of hydrogen-bond donors (Lipinski definition) is 1. The zero-order valence-electron chi connectivity index (χ0n) is 18.7. The van der Waals surface area contributed by atoms with Gasteiger partial charge in [0.1, 0.15) is 12.4 Å². The number of carbonyl (C=O) groups excluding carboxylic acids is 1. The van der Waals surface area contributed by atoms with Crippen molar-refractivity contribution in [3.63, 3.8) is 0 Å². The molecule has 2 aromatic heterocycles. The van der Waals surface area contributed by atoms with Gasteiger partial charge in [0.15, 0.2) is 11.6 Å². The Morgan fingerprint density at radius 2 is 2.12 bits per heavy atom. The molecule has 1 atom stereocenters. The number of rotatable bonds is 4. The highest BCUT2D eigenvalue weighted by molar-refractivity contribution is 6.06. The van der Waals surface area contributed by atoms with E-state index in [2.05, 4.69) is 25.8 Å². The first-order valence-electron chi connectivity index (χ1n) is 11.2. The third-order valence-corrected chi connectivity index (χ3v) is 6.29. The van der Waals surface area contributed by atoms with E-state index in [0.29, 0.717) is 46.6 Å². The fourth-order valence-corrected chi connectivity index (χ4v) is 4.27. The topological polar surface area (TPSA) is 99.7 Å². The summed E-state index contributed by atoms with van der Waals surface area (Å²) in [6.45, 7) is 4.08. The van der Waals surface area contributed by atoms with Gasteiger partial charge in [0.05, 0.1) is 40.6 Å². The predicted octanol–water partition coefficient (Wildman–Crippen LogP) is 4.06. The molecule has 172 valence electrons. The zero-order valence-corrected chi connectivity index (χ0v) is 18.7. The molecule has 1 amide bonds. The van der Waals surface area contributed by atoms with Crippen LogP contribution in [-0.2, 0) is 0 Å². The maximum atomic E-state index is 14.9. The van der Waals surface area contributed by atoms with Crippen LogP contribution >= 0.6 is 0 Å². The first kappa shape index (κ1) is 20.5. The van der Waals surface area contributed by atoms with Crippen LogP contribution in [0.1, 0.15) is 53.3 Å². The fraction of sp³-hybridized carbons (Fsp3) is 0.292. The number of aromatic nitrogens is 6. The van der Waals surface area contributed by atoms with Crippen LogP contribution in [0.15, 0.2) is 42.9 Å². The predicted molar refractivity (Wildman–Crippen MR) is 122 cm³/mol. The van der Waals surface area contributed by atoms with E-state index in [1.54, 1.807) is 29.2 Å². The summed E-state index contributed by atoms with van der Waals surface area (Å²) < 4.78 is 24.4. The van der Waals surface area contributed by atoms with Crippen molar-refractivity contribution < 1.29 is 13.9 Å². The second-order valence-corrected chi connectivity index (χ2v) is 8.84. The lowest BCUT2D eigenvalue weighted by atomic mass is 10.1. The summed E-state index contributed by atoms with van der Waals surface area (Å²) in [5.74, 6) is 0.331. The highest BCUT2D eigenvalue weighted by Gasteiger charge is 2.27. The number of carbonyl (C=O) groups is 1. The van der Waals surface area contributed by atoms with E-state index in [-0.39, 0.29) is 11.6 Å². The lowest BCUT2D eigenvalue weighted by Crippen LogP contribution is -2.16. The normalized spacial score (nSPS) is 16.9. The number of benzene rings is 2. The van der Waals surface area contributed by atoms with Gasteiger partial charge in [-0.3, -0.25) is 4.79 Å². The summed E-state index contributed by atoms with van der Waals surface area (Å²) >= 11 is 0. The monoisotopic (exact) mass is 459 g/mol. The molecule has 1 N–H and O–H groups in total. The Labute approximate surface area is 194 Å². The highest BCUT2D eigenvalue weighted by atomic mass is 19.1. The molecule has 6 rings (SSSR count). The number of hydrogen-bond acceptors (Lipinski definition) is 6. The van der Waals surface area contributed by atoms with Gasteiger partial charge >= 0.3 is 0 Å². The number of tetrazole rings is 1. The number of halogens is 1. The number of amides is 1. The van der Waals surface area contributed by atoms with Gasteiger partial charge < -0.3 is 14.6 Å². The van der Waals surface area contributed by atoms with Crippen LogP contribution < -0.4 is 10.1 Å². The smallest absolute Gasteiger partial charge is 0.258 e. The molecule has 34 heavy (non-hydrogen) atoms. The van der Waals surface area contributed by atoms with Gasteiger partial charge in [-0.25, -0.2) is 14.1 Å². The van der Waals surface area contributed by atoms with Crippen LogP contribution in [0.2, 0.25) is 0 Å². The number of fused-ring (bicyclic) bond motifs is 3. The summed E-state index contributed by atoms with van der Waals surface area (Å²) in [6.07, 6.45) is 5.95. The van der Waals surface area contributed by atoms with Crippen LogP contribution in [0.3, 0.4) is 0 Å². The molecule has 1 saturated carbocycles. The Hall–Kier alpha value is -4.08. The van der Waals surface area contributed by atoms with Crippen LogP contribution in [0.25, 0.3) is 17.1 Å². The van der Waals surface area contributed by atoms with Crippen molar-refractivity contribution in [2.75, 3.05) is 11.9 Å². The van der Waals surface area contributed by atoms with Crippen molar-refractivity contribution in [1.29, 1.82) is 0 Å². The van der Waals surface area contributed by atoms with Gasteiger partial charge in [0.25, 0.3) is 5.91 Å². The number of nitrogens with one attached hydrogen (secondary N) is 1. The Kier molecular flexibility index (Phi) is 4.68. The Morgan fingerprint density at radius 1 is 1.26 bits per heavy atom. The van der Waals surface area contributed by atoms with E-state index in [4.69, 9.17) is 4.74 Å². The quantitative estimate of drug-likeness (QED) is 0.494. The molecule has 0 radical (unpaired) electrons. The maximum absolute atomic E-state index is 14.9. The first-order chi connectivity index (χ1) is 16.5. The minimum Gasteiger partial charge on any atom is -0.488 e. The number of ether oxygens (including phenoxy) is 1. The van der Waals surface area contributed by atoms with E-state index < -0.39 is 11.7 Å². The SMILES string of the molecule is Cc1cc(F)c(C(=O)Nc2cccc3c2OC[C@@H](C)n2nnnc2-3)cc1-n1cnc(C2CC2)c1. The van der Waals surface area contributed by atoms with Crippen LogP contribution in [-0.4, -0.2) is 42.3 Å². The molecule has 2 aromatic carbocycles. The number of nitrogens with zero attached hydrogens (tertiary/aromatic N) is 6. The number of imidazole rings is 1. The van der Waals surface area contributed by atoms with E-state index in [9.17, 15) is 9.18 Å². The molecule has 2 aliphatic rings. The third kappa shape index (κ3) is 3.42. The number of aryl methyl sites for hydroxylation is 1. The molecule has 4 aromatic rings. The van der Waals surface area contributed by atoms with Crippen molar-refractivity contribution in [1.82, 2.24) is 29.8 Å². The average Bonchev–Trinajstić information content (AvgIpc) is 3.38. The molecule has 10 heteroatoms. The molecule has 0 saturated heterocycles. The van der Waals surface area contributed by atoms with Crippen molar-refractivity contribution in [2.45, 2.75) is 38.6 Å². The Morgan fingerprint density at radius 3 is 2.94 bits per heavy atom. The molecule has 1 fully saturated rings. The highest BCUT2D eigenvalue weighted by Crippen LogP contribution is 2.40. The van der Waals surface area contributed by atoms with Gasteiger partial charge in [-0.15, -0.1) is 5.10 Å². The van der Waals surface area contributed by atoms with Gasteiger partial charge in [-0.05, 0) is 66.9 Å². The van der Waals surface area contributed by atoms with E-state index in [0.717, 1.165) is 18.5 Å². The maximum Gasteiger partial charge on any atom is 0.258 e. The largest absolute Gasteiger partial charge is 0.488 e. The summed E-state index contributed by atoms with van der Waals surface area (Å²) in [7, 11) is 0. The minimum absolute atomic E-state index is 0.0632. The van der Waals surface area contributed by atoms with Crippen molar-refractivity contribution in [3.8, 4) is 22.8 Å². The summed E-state index contributed by atoms with van der Waals surface area (Å²) in [5.41, 5.74) is 3.46. The molecule has 9 nitrogen and oxygen atoms in total. The average molecular weight is 459 g/mol. The fourth-order valence-electron chi connectivity index (χ4n) is 4.27. The first-order valence-corrected chi connectivity index (χ1v) is 11.2. The lowest BCUT2D eigenvalue weighted by molar-refractivity contribution is 0.102. The lowest BCUT2D eigenvalue weighted by Gasteiger charge is -2.15. The Bertz CT molecular complexity index is 1420. The van der Waals surface area contributed by atoms with Crippen molar-refractivity contribution >= 4 is 11.6 Å². The Balaban J connectivity index is 1.34. The van der Waals surface area contributed by atoms with E-state index in [1.165, 1.54) is 6.07 Å². The molecule has 1 aliphatic carbocycles. The zero-order chi connectivity index (χ0) is 23.4. The third-order valence-electron chi connectivity index (χ3n) is 6.29. The van der Waals surface area contributed by atoms with Crippen molar-refractivity contribution in [2.24, 2.45) is 0 Å². The number of anilines is 1. The molecule has 0 spiro atoms. The van der Waals surface area contributed by atoms with Gasteiger partial charge in [0.2, 0.25) is 0 Å².